The second kappa shape index (κ2) is 7.74. The highest BCUT2D eigenvalue weighted by Crippen LogP contribution is 2.17. The summed E-state index contributed by atoms with van der Waals surface area (Å²) in [6.45, 7) is 1.70. The van der Waals surface area contributed by atoms with Gasteiger partial charge < -0.3 is 15.4 Å². The average molecular weight is 312 g/mol. The van der Waals surface area contributed by atoms with Gasteiger partial charge in [0.1, 0.15) is 0 Å². The van der Waals surface area contributed by atoms with Gasteiger partial charge in [0.05, 0.1) is 17.9 Å². The number of esters is 1. The first kappa shape index (κ1) is 16.2. The Morgan fingerprint density at radius 3 is 2.26 bits per heavy atom. The molecule has 2 N–H and O–H groups in total. The van der Waals surface area contributed by atoms with Crippen LogP contribution in [0.5, 0.6) is 0 Å². The molecule has 0 atom stereocenters. The minimum absolute atomic E-state index is 0.0996. The third kappa shape index (κ3) is 4.41. The SMILES string of the molecule is CCOC(=O)C(=O)Nc1ccccc1C(=O)Nc1ccccc1. The first-order valence-corrected chi connectivity index (χ1v) is 7.05. The van der Waals surface area contributed by atoms with Crippen molar-refractivity contribution in [3.8, 4) is 0 Å². The van der Waals surface area contributed by atoms with Crippen LogP contribution in [0.15, 0.2) is 54.6 Å². The first-order chi connectivity index (χ1) is 11.1. The van der Waals surface area contributed by atoms with Gasteiger partial charge in [0.2, 0.25) is 0 Å². The van der Waals surface area contributed by atoms with Crippen molar-refractivity contribution >= 4 is 29.2 Å². The summed E-state index contributed by atoms with van der Waals surface area (Å²) in [5, 5.41) is 5.11. The Morgan fingerprint density at radius 2 is 1.57 bits per heavy atom. The zero-order chi connectivity index (χ0) is 16.7. The van der Waals surface area contributed by atoms with Crippen LogP contribution >= 0.6 is 0 Å². The lowest BCUT2D eigenvalue weighted by atomic mass is 10.1. The molecule has 23 heavy (non-hydrogen) atoms. The van der Waals surface area contributed by atoms with Crippen LogP contribution in [0, 0.1) is 0 Å². The van der Waals surface area contributed by atoms with E-state index in [1.807, 2.05) is 6.07 Å². The molecule has 0 spiro atoms. The van der Waals surface area contributed by atoms with Crippen LogP contribution in [0.1, 0.15) is 17.3 Å². The molecule has 0 radical (unpaired) electrons. The van der Waals surface area contributed by atoms with Gasteiger partial charge >= 0.3 is 11.9 Å². The number of para-hydroxylation sites is 2. The van der Waals surface area contributed by atoms with E-state index in [2.05, 4.69) is 15.4 Å². The minimum atomic E-state index is -0.995. The second-order valence-electron chi connectivity index (χ2n) is 4.54. The monoisotopic (exact) mass is 312 g/mol. The lowest BCUT2D eigenvalue weighted by Crippen LogP contribution is -2.26. The van der Waals surface area contributed by atoms with Crippen molar-refractivity contribution in [2.45, 2.75) is 6.92 Å². The number of benzene rings is 2. The molecule has 2 aromatic carbocycles. The zero-order valence-electron chi connectivity index (χ0n) is 12.5. The highest BCUT2D eigenvalue weighted by Gasteiger charge is 2.18. The molecule has 0 aliphatic heterocycles. The Balaban J connectivity index is 2.15. The van der Waals surface area contributed by atoms with E-state index in [0.29, 0.717) is 5.69 Å². The standard InChI is InChI=1S/C17H16N2O4/c1-2-23-17(22)16(21)19-14-11-7-6-10-13(14)15(20)18-12-8-4-3-5-9-12/h3-11H,2H2,1H3,(H,18,20)(H,19,21). The van der Waals surface area contributed by atoms with Crippen LogP contribution in [-0.4, -0.2) is 24.4 Å². The van der Waals surface area contributed by atoms with Crippen molar-refractivity contribution in [2.75, 3.05) is 17.2 Å². The van der Waals surface area contributed by atoms with Crippen LogP contribution in [0.2, 0.25) is 0 Å². The molecule has 6 heteroatoms. The molecule has 0 fully saturated rings. The van der Waals surface area contributed by atoms with Gasteiger partial charge in [-0.2, -0.15) is 0 Å². The van der Waals surface area contributed by atoms with E-state index in [0.717, 1.165) is 0 Å². The second-order valence-corrected chi connectivity index (χ2v) is 4.54. The smallest absolute Gasteiger partial charge is 0.397 e. The molecule has 6 nitrogen and oxygen atoms in total. The summed E-state index contributed by atoms with van der Waals surface area (Å²) in [6.07, 6.45) is 0. The van der Waals surface area contributed by atoms with Gasteiger partial charge in [-0.3, -0.25) is 9.59 Å². The number of hydrogen-bond acceptors (Lipinski definition) is 4. The molecule has 2 rings (SSSR count). The highest BCUT2D eigenvalue weighted by molar-refractivity contribution is 6.37. The minimum Gasteiger partial charge on any atom is -0.459 e. The molecule has 0 bridgehead atoms. The quantitative estimate of drug-likeness (QED) is 0.671. The van der Waals surface area contributed by atoms with Gasteiger partial charge in [0, 0.05) is 5.69 Å². The normalized spacial score (nSPS) is 9.78. The summed E-state index contributed by atoms with van der Waals surface area (Å²) in [4.78, 5) is 35.4. The van der Waals surface area contributed by atoms with Crippen molar-refractivity contribution in [3.05, 3.63) is 60.2 Å². The molecule has 0 heterocycles. The van der Waals surface area contributed by atoms with Gasteiger partial charge in [0.15, 0.2) is 0 Å². The molecule has 0 aromatic heterocycles. The summed E-state index contributed by atoms with van der Waals surface area (Å²) in [5.74, 6) is -2.31. The number of carbonyl (C=O) groups is 3. The fraction of sp³-hybridized carbons (Fsp3) is 0.118. The molecule has 0 unspecified atom stereocenters. The van der Waals surface area contributed by atoms with Crippen LogP contribution in [0.25, 0.3) is 0 Å². The molecule has 118 valence electrons. The Kier molecular flexibility index (Phi) is 5.46. The Hall–Kier alpha value is -3.15. The van der Waals surface area contributed by atoms with Crippen molar-refractivity contribution in [1.29, 1.82) is 0 Å². The third-order valence-corrected chi connectivity index (χ3v) is 2.91. The Morgan fingerprint density at radius 1 is 0.913 bits per heavy atom. The number of carbonyl (C=O) groups excluding carboxylic acids is 3. The van der Waals surface area contributed by atoms with Gasteiger partial charge in [0.25, 0.3) is 5.91 Å². The average Bonchev–Trinajstić information content (AvgIpc) is 2.56. The molecular weight excluding hydrogens is 296 g/mol. The molecule has 2 aromatic rings. The number of rotatable bonds is 4. The zero-order valence-corrected chi connectivity index (χ0v) is 12.5. The summed E-state index contributed by atoms with van der Waals surface area (Å²) in [5.41, 5.74) is 1.11. The van der Waals surface area contributed by atoms with E-state index < -0.39 is 17.8 Å². The lowest BCUT2D eigenvalue weighted by Gasteiger charge is -2.11. The summed E-state index contributed by atoms with van der Waals surface area (Å²) < 4.78 is 4.62. The fourth-order valence-electron chi connectivity index (χ4n) is 1.88. The van der Waals surface area contributed by atoms with Gasteiger partial charge in [-0.05, 0) is 31.2 Å². The number of anilines is 2. The third-order valence-electron chi connectivity index (χ3n) is 2.91. The van der Waals surface area contributed by atoms with E-state index in [1.165, 1.54) is 6.07 Å². The maximum atomic E-state index is 12.3. The van der Waals surface area contributed by atoms with Gasteiger partial charge in [-0.1, -0.05) is 30.3 Å². The fourth-order valence-corrected chi connectivity index (χ4v) is 1.88. The lowest BCUT2D eigenvalue weighted by molar-refractivity contribution is -0.152. The van der Waals surface area contributed by atoms with E-state index >= 15 is 0 Å². The summed E-state index contributed by atoms with van der Waals surface area (Å²) >= 11 is 0. The molecule has 0 saturated carbocycles. The summed E-state index contributed by atoms with van der Waals surface area (Å²) in [7, 11) is 0. The van der Waals surface area contributed by atoms with Crippen molar-refractivity contribution < 1.29 is 19.1 Å². The molecule has 2 amide bonds. The van der Waals surface area contributed by atoms with Gasteiger partial charge in [-0.15, -0.1) is 0 Å². The van der Waals surface area contributed by atoms with E-state index in [-0.39, 0.29) is 17.9 Å². The molecule has 0 aliphatic carbocycles. The van der Waals surface area contributed by atoms with Crippen LogP contribution in [0.3, 0.4) is 0 Å². The van der Waals surface area contributed by atoms with Gasteiger partial charge in [-0.25, -0.2) is 4.79 Å². The van der Waals surface area contributed by atoms with Crippen LogP contribution < -0.4 is 10.6 Å². The van der Waals surface area contributed by atoms with Crippen LogP contribution in [-0.2, 0) is 14.3 Å². The number of ether oxygens (including phenoxy) is 1. The summed E-state index contributed by atoms with van der Waals surface area (Å²) in [6, 6.07) is 15.3. The first-order valence-electron chi connectivity index (χ1n) is 7.05. The van der Waals surface area contributed by atoms with E-state index in [1.54, 1.807) is 49.4 Å². The van der Waals surface area contributed by atoms with Crippen molar-refractivity contribution in [3.63, 3.8) is 0 Å². The van der Waals surface area contributed by atoms with E-state index in [9.17, 15) is 14.4 Å². The van der Waals surface area contributed by atoms with Crippen molar-refractivity contribution in [1.82, 2.24) is 0 Å². The highest BCUT2D eigenvalue weighted by atomic mass is 16.5. The molecule has 0 saturated heterocycles. The predicted molar refractivity (Wildman–Crippen MR) is 86.1 cm³/mol. The molecule has 0 aliphatic rings. The Bertz CT molecular complexity index is 714. The number of nitrogens with one attached hydrogen (secondary N) is 2. The predicted octanol–water partition coefficient (Wildman–Crippen LogP) is 2.44. The Labute approximate surface area is 133 Å². The molecular formula is C17H16N2O4. The van der Waals surface area contributed by atoms with Crippen molar-refractivity contribution in [2.24, 2.45) is 0 Å². The maximum Gasteiger partial charge on any atom is 0.397 e. The number of amides is 2. The largest absolute Gasteiger partial charge is 0.459 e. The maximum absolute atomic E-state index is 12.3. The number of hydrogen-bond donors (Lipinski definition) is 2. The van der Waals surface area contributed by atoms with E-state index in [4.69, 9.17) is 0 Å². The topological polar surface area (TPSA) is 84.5 Å². The van der Waals surface area contributed by atoms with Crippen LogP contribution in [0.4, 0.5) is 11.4 Å².